The molecule has 0 aliphatic rings. The summed E-state index contributed by atoms with van der Waals surface area (Å²) in [5.41, 5.74) is 1.73. The quantitative estimate of drug-likeness (QED) is 0.139. The molecule has 0 atom stereocenters. The Labute approximate surface area is 213 Å². The fourth-order valence-corrected chi connectivity index (χ4v) is 3.27. The largest absolute Gasteiger partial charge is 0.493 e. The molecule has 0 amide bonds. The van der Waals surface area contributed by atoms with Crippen LogP contribution in [0, 0.1) is 11.6 Å². The van der Waals surface area contributed by atoms with Crippen LogP contribution >= 0.6 is 0 Å². The molecular formula is C29H26F2O6. The molecule has 0 unspecified atom stereocenters. The summed E-state index contributed by atoms with van der Waals surface area (Å²) in [5.74, 6) is -1.64. The van der Waals surface area contributed by atoms with E-state index in [0.29, 0.717) is 28.2 Å². The van der Waals surface area contributed by atoms with E-state index >= 15 is 4.39 Å². The summed E-state index contributed by atoms with van der Waals surface area (Å²) < 4.78 is 50.8. The summed E-state index contributed by atoms with van der Waals surface area (Å²) in [6.45, 7) is 10.1. The first-order valence-electron chi connectivity index (χ1n) is 11.2. The molecule has 0 radical (unpaired) electrons. The molecule has 0 aromatic heterocycles. The van der Waals surface area contributed by atoms with Crippen LogP contribution in [-0.2, 0) is 14.3 Å². The maximum absolute atomic E-state index is 15.1. The summed E-state index contributed by atoms with van der Waals surface area (Å²) in [4.78, 5) is 23.1. The highest BCUT2D eigenvalue weighted by atomic mass is 19.1. The van der Waals surface area contributed by atoms with E-state index in [0.717, 1.165) is 6.07 Å². The molecule has 192 valence electrons. The minimum absolute atomic E-state index is 0.0229. The Balaban J connectivity index is 1.76. The number of methoxy groups -OCH3 is 1. The van der Waals surface area contributed by atoms with E-state index in [1.54, 1.807) is 31.2 Å². The molecule has 0 aliphatic carbocycles. The van der Waals surface area contributed by atoms with Crippen LogP contribution in [0.1, 0.15) is 13.8 Å². The highest BCUT2D eigenvalue weighted by Gasteiger charge is 2.15. The standard InChI is InChI=1S/C29H26F2O6/c1-17(2)28(32)36-13-12-35-26-11-7-20(15-27(26)34-5)22-9-6-19(14-24(22)30)23-10-8-21(16-25(23)31)37-29(33)18(3)4/h6-11,14-16H,1,3,12-13H2,2,4-5H3. The second kappa shape index (κ2) is 12.0. The Bertz CT molecular complexity index is 1360. The Kier molecular flexibility index (Phi) is 8.79. The molecule has 0 saturated heterocycles. The summed E-state index contributed by atoms with van der Waals surface area (Å²) in [6.07, 6.45) is 0. The van der Waals surface area contributed by atoms with Gasteiger partial charge in [0.05, 0.1) is 7.11 Å². The number of ether oxygens (including phenoxy) is 4. The minimum atomic E-state index is -0.670. The van der Waals surface area contributed by atoms with E-state index < -0.39 is 23.6 Å². The zero-order valence-electron chi connectivity index (χ0n) is 20.7. The molecule has 37 heavy (non-hydrogen) atoms. The van der Waals surface area contributed by atoms with Gasteiger partial charge in [-0.15, -0.1) is 0 Å². The number of carbonyl (C=O) groups is 2. The lowest BCUT2D eigenvalue weighted by molar-refractivity contribution is -0.139. The van der Waals surface area contributed by atoms with E-state index in [1.165, 1.54) is 38.3 Å². The number of carbonyl (C=O) groups excluding carboxylic acids is 2. The van der Waals surface area contributed by atoms with Gasteiger partial charge in [0.15, 0.2) is 11.5 Å². The number of esters is 2. The highest BCUT2D eigenvalue weighted by molar-refractivity contribution is 5.89. The monoisotopic (exact) mass is 508 g/mol. The van der Waals surface area contributed by atoms with Crippen molar-refractivity contribution in [3.63, 3.8) is 0 Å². The van der Waals surface area contributed by atoms with Gasteiger partial charge in [-0.25, -0.2) is 18.4 Å². The lowest BCUT2D eigenvalue weighted by Crippen LogP contribution is -2.12. The molecule has 3 aromatic carbocycles. The van der Waals surface area contributed by atoms with Crippen LogP contribution in [0.2, 0.25) is 0 Å². The number of rotatable bonds is 10. The predicted octanol–water partition coefficient (Wildman–Crippen LogP) is 6.29. The summed E-state index contributed by atoms with van der Waals surface area (Å²) in [5, 5.41) is 0. The molecular weight excluding hydrogens is 482 g/mol. The van der Waals surface area contributed by atoms with Gasteiger partial charge in [-0.2, -0.15) is 0 Å². The zero-order valence-corrected chi connectivity index (χ0v) is 20.7. The first kappa shape index (κ1) is 27.1. The minimum Gasteiger partial charge on any atom is -0.493 e. The van der Waals surface area contributed by atoms with Crippen LogP contribution < -0.4 is 14.2 Å². The molecule has 0 saturated carbocycles. The molecule has 0 N–H and O–H groups in total. The van der Waals surface area contributed by atoms with Crippen LogP contribution in [-0.4, -0.2) is 32.3 Å². The van der Waals surface area contributed by atoms with Gasteiger partial charge in [-0.1, -0.05) is 31.4 Å². The van der Waals surface area contributed by atoms with Crippen molar-refractivity contribution in [1.29, 1.82) is 0 Å². The molecule has 0 fully saturated rings. The van der Waals surface area contributed by atoms with E-state index in [2.05, 4.69) is 13.2 Å². The fraction of sp³-hybridized carbons (Fsp3) is 0.172. The lowest BCUT2D eigenvalue weighted by atomic mass is 9.99. The van der Waals surface area contributed by atoms with Gasteiger partial charge in [0.2, 0.25) is 0 Å². The van der Waals surface area contributed by atoms with Gasteiger partial charge in [-0.05, 0) is 55.3 Å². The second-order valence-corrected chi connectivity index (χ2v) is 8.14. The average Bonchev–Trinajstić information content (AvgIpc) is 2.86. The Morgan fingerprint density at radius 1 is 0.757 bits per heavy atom. The maximum atomic E-state index is 15.1. The van der Waals surface area contributed by atoms with Crippen molar-refractivity contribution in [2.75, 3.05) is 20.3 Å². The number of benzene rings is 3. The number of hydrogen-bond acceptors (Lipinski definition) is 6. The molecule has 3 rings (SSSR count). The molecule has 0 bridgehead atoms. The molecule has 0 heterocycles. The fourth-order valence-electron chi connectivity index (χ4n) is 3.27. The van der Waals surface area contributed by atoms with Gasteiger partial charge in [0.25, 0.3) is 0 Å². The van der Waals surface area contributed by atoms with Crippen LogP contribution in [0.3, 0.4) is 0 Å². The van der Waals surface area contributed by atoms with Crippen molar-refractivity contribution >= 4 is 11.9 Å². The normalized spacial score (nSPS) is 10.4. The maximum Gasteiger partial charge on any atom is 0.338 e. The van der Waals surface area contributed by atoms with Crippen molar-refractivity contribution in [3.05, 3.63) is 90.5 Å². The van der Waals surface area contributed by atoms with Crippen molar-refractivity contribution in [3.8, 4) is 39.5 Å². The smallest absolute Gasteiger partial charge is 0.338 e. The molecule has 3 aromatic rings. The molecule has 0 aliphatic heterocycles. The zero-order chi connectivity index (χ0) is 27.1. The first-order valence-corrected chi connectivity index (χ1v) is 11.2. The van der Waals surface area contributed by atoms with Crippen molar-refractivity contribution < 1.29 is 37.3 Å². The summed E-state index contributed by atoms with van der Waals surface area (Å²) in [6, 6.07) is 13.1. The van der Waals surface area contributed by atoms with E-state index in [-0.39, 0.29) is 35.7 Å². The van der Waals surface area contributed by atoms with Gasteiger partial charge in [0, 0.05) is 28.3 Å². The third kappa shape index (κ3) is 6.82. The third-order valence-electron chi connectivity index (χ3n) is 5.18. The van der Waals surface area contributed by atoms with Crippen LogP contribution in [0.25, 0.3) is 22.3 Å². The van der Waals surface area contributed by atoms with Crippen LogP contribution in [0.15, 0.2) is 78.9 Å². The summed E-state index contributed by atoms with van der Waals surface area (Å²) >= 11 is 0. The molecule has 0 spiro atoms. The molecule has 6 nitrogen and oxygen atoms in total. The number of halogens is 2. The predicted molar refractivity (Wildman–Crippen MR) is 135 cm³/mol. The van der Waals surface area contributed by atoms with E-state index in [4.69, 9.17) is 18.9 Å². The Morgan fingerprint density at radius 3 is 1.95 bits per heavy atom. The van der Waals surface area contributed by atoms with Crippen LogP contribution in [0.5, 0.6) is 17.2 Å². The van der Waals surface area contributed by atoms with Gasteiger partial charge >= 0.3 is 11.9 Å². The Morgan fingerprint density at radius 2 is 1.35 bits per heavy atom. The second-order valence-electron chi connectivity index (χ2n) is 8.14. The first-order chi connectivity index (χ1) is 17.6. The van der Waals surface area contributed by atoms with E-state index in [1.807, 2.05) is 0 Å². The van der Waals surface area contributed by atoms with Crippen molar-refractivity contribution in [1.82, 2.24) is 0 Å². The summed E-state index contributed by atoms with van der Waals surface area (Å²) in [7, 11) is 1.45. The van der Waals surface area contributed by atoms with Crippen molar-refractivity contribution in [2.45, 2.75) is 13.8 Å². The SMILES string of the molecule is C=C(C)C(=O)OCCOc1ccc(-c2ccc(-c3ccc(OC(=O)C(=C)C)cc3F)cc2F)cc1OC. The van der Waals surface area contributed by atoms with Gasteiger partial charge in [-0.3, -0.25) is 0 Å². The Hall–Kier alpha value is -4.46. The molecule has 8 heteroatoms. The topological polar surface area (TPSA) is 71.1 Å². The van der Waals surface area contributed by atoms with Gasteiger partial charge in [0.1, 0.15) is 30.6 Å². The number of hydrogen-bond donors (Lipinski definition) is 0. The third-order valence-corrected chi connectivity index (χ3v) is 5.18. The van der Waals surface area contributed by atoms with Crippen LogP contribution in [0.4, 0.5) is 8.78 Å². The van der Waals surface area contributed by atoms with E-state index in [9.17, 15) is 14.0 Å². The van der Waals surface area contributed by atoms with Gasteiger partial charge < -0.3 is 18.9 Å². The average molecular weight is 509 g/mol. The van der Waals surface area contributed by atoms with Crippen molar-refractivity contribution in [2.24, 2.45) is 0 Å². The highest BCUT2D eigenvalue weighted by Crippen LogP contribution is 2.35. The lowest BCUT2D eigenvalue weighted by Gasteiger charge is -2.13.